The van der Waals surface area contributed by atoms with Gasteiger partial charge in [0.05, 0.1) is 12.9 Å². The van der Waals surface area contributed by atoms with Gasteiger partial charge in [-0.3, -0.25) is 0 Å². The van der Waals surface area contributed by atoms with Crippen molar-refractivity contribution in [3.8, 4) is 5.75 Å². The molecule has 0 aliphatic rings. The summed E-state index contributed by atoms with van der Waals surface area (Å²) < 4.78 is 13.6. The number of halogens is 2. The van der Waals surface area contributed by atoms with Crippen LogP contribution in [0.3, 0.4) is 0 Å². The fraction of sp³-hybridized carbons (Fsp3) is 0.211. The number of nitrogens with zero attached hydrogens (tertiary/aromatic N) is 2. The lowest BCUT2D eigenvalue weighted by Crippen LogP contribution is -2.15. The van der Waals surface area contributed by atoms with E-state index in [1.165, 1.54) is 5.56 Å². The highest BCUT2D eigenvalue weighted by Gasteiger charge is 2.17. The van der Waals surface area contributed by atoms with Gasteiger partial charge < -0.3 is 14.0 Å². The first-order valence-corrected chi connectivity index (χ1v) is 8.59. The third-order valence-electron chi connectivity index (χ3n) is 3.76. The fourth-order valence-corrected chi connectivity index (χ4v) is 2.94. The third kappa shape index (κ3) is 4.98. The van der Waals surface area contributed by atoms with Gasteiger partial charge in [-0.1, -0.05) is 47.0 Å². The molecule has 0 radical (unpaired) electrons. The maximum absolute atomic E-state index is 6.35. The normalized spacial score (nSPS) is 12.1. The van der Waals surface area contributed by atoms with E-state index in [2.05, 4.69) is 4.98 Å². The van der Waals surface area contributed by atoms with E-state index in [0.717, 1.165) is 11.3 Å². The molecule has 0 aliphatic heterocycles. The molecule has 0 amide bonds. The van der Waals surface area contributed by atoms with E-state index in [-0.39, 0.29) is 12.9 Å². The second-order valence-corrected chi connectivity index (χ2v) is 6.50. The fourth-order valence-electron chi connectivity index (χ4n) is 2.41. The summed E-state index contributed by atoms with van der Waals surface area (Å²) in [6.07, 6.45) is 5.05. The Morgan fingerprint density at radius 1 is 1.12 bits per heavy atom. The Labute approximate surface area is 156 Å². The van der Waals surface area contributed by atoms with Crippen LogP contribution in [0.1, 0.15) is 17.2 Å². The molecule has 0 spiro atoms. The van der Waals surface area contributed by atoms with Gasteiger partial charge in [-0.25, -0.2) is 4.98 Å². The summed E-state index contributed by atoms with van der Waals surface area (Å²) >= 11 is 12.3. The number of benzene rings is 2. The summed E-state index contributed by atoms with van der Waals surface area (Å²) in [5, 5.41) is 1.15. The van der Waals surface area contributed by atoms with Gasteiger partial charge in [0.15, 0.2) is 6.79 Å². The van der Waals surface area contributed by atoms with Crippen LogP contribution in [-0.4, -0.2) is 16.3 Å². The van der Waals surface area contributed by atoms with Crippen molar-refractivity contribution >= 4 is 23.2 Å². The van der Waals surface area contributed by atoms with E-state index in [0.29, 0.717) is 16.6 Å². The number of ether oxygens (including phenoxy) is 2. The van der Waals surface area contributed by atoms with Gasteiger partial charge in [-0.05, 0) is 31.2 Å². The van der Waals surface area contributed by atoms with Gasteiger partial charge in [-0.15, -0.1) is 0 Å². The van der Waals surface area contributed by atoms with Crippen molar-refractivity contribution in [2.24, 2.45) is 0 Å². The first-order valence-electron chi connectivity index (χ1n) is 7.83. The van der Waals surface area contributed by atoms with Crippen LogP contribution in [-0.2, 0) is 11.3 Å². The van der Waals surface area contributed by atoms with Crippen molar-refractivity contribution in [3.05, 3.63) is 82.4 Å². The van der Waals surface area contributed by atoms with Crippen LogP contribution in [0.15, 0.2) is 61.2 Å². The lowest BCUT2D eigenvalue weighted by Gasteiger charge is -2.20. The van der Waals surface area contributed by atoms with Crippen molar-refractivity contribution in [1.29, 1.82) is 0 Å². The van der Waals surface area contributed by atoms with Crippen molar-refractivity contribution < 1.29 is 9.47 Å². The minimum absolute atomic E-state index is 0.112. The van der Waals surface area contributed by atoms with Crippen LogP contribution in [0, 0.1) is 6.92 Å². The lowest BCUT2D eigenvalue weighted by atomic mass is 10.1. The summed E-state index contributed by atoms with van der Waals surface area (Å²) in [4.78, 5) is 4.06. The van der Waals surface area contributed by atoms with Crippen LogP contribution in [0.5, 0.6) is 5.75 Å². The minimum atomic E-state index is -0.288. The largest absolute Gasteiger partial charge is 0.468 e. The van der Waals surface area contributed by atoms with Crippen molar-refractivity contribution in [2.75, 3.05) is 6.79 Å². The number of aryl methyl sites for hydroxylation is 1. The molecule has 1 heterocycles. The molecule has 130 valence electrons. The second kappa shape index (κ2) is 8.39. The highest BCUT2D eigenvalue weighted by molar-refractivity contribution is 6.35. The van der Waals surface area contributed by atoms with E-state index in [4.69, 9.17) is 32.7 Å². The Morgan fingerprint density at radius 2 is 1.92 bits per heavy atom. The average Bonchev–Trinajstić information content (AvgIpc) is 3.09. The van der Waals surface area contributed by atoms with Crippen LogP contribution in [0.2, 0.25) is 10.0 Å². The highest BCUT2D eigenvalue weighted by Crippen LogP contribution is 2.29. The molecular weight excluding hydrogens is 359 g/mol. The van der Waals surface area contributed by atoms with E-state index in [1.807, 2.05) is 48.0 Å². The van der Waals surface area contributed by atoms with Crippen LogP contribution in [0.25, 0.3) is 0 Å². The molecule has 2 aromatic carbocycles. The van der Waals surface area contributed by atoms with Crippen molar-refractivity contribution in [1.82, 2.24) is 9.55 Å². The summed E-state index contributed by atoms with van der Waals surface area (Å²) in [6.45, 7) is 2.71. The van der Waals surface area contributed by atoms with E-state index >= 15 is 0 Å². The van der Waals surface area contributed by atoms with E-state index < -0.39 is 0 Å². The van der Waals surface area contributed by atoms with Gasteiger partial charge >= 0.3 is 0 Å². The lowest BCUT2D eigenvalue weighted by molar-refractivity contribution is -0.0444. The number of rotatable bonds is 7. The Bertz CT molecular complexity index is 805. The summed E-state index contributed by atoms with van der Waals surface area (Å²) in [5.41, 5.74) is 2.03. The number of hydrogen-bond donors (Lipinski definition) is 0. The quantitative estimate of drug-likeness (QED) is 0.525. The van der Waals surface area contributed by atoms with Crippen LogP contribution < -0.4 is 4.74 Å². The van der Waals surface area contributed by atoms with E-state index in [9.17, 15) is 0 Å². The Hall–Kier alpha value is -2.01. The summed E-state index contributed by atoms with van der Waals surface area (Å²) in [6, 6.07) is 13.2. The standard InChI is InChI=1S/C19H18Cl2N2O2/c1-14-2-5-16(6-3-14)24-13-25-19(11-23-9-8-22-12-23)17-7-4-15(20)10-18(17)21/h2-10,12,19H,11,13H2,1H3. The monoisotopic (exact) mass is 376 g/mol. The first-order chi connectivity index (χ1) is 12.1. The average molecular weight is 377 g/mol. The zero-order valence-electron chi connectivity index (χ0n) is 13.7. The Balaban J connectivity index is 1.70. The molecule has 0 aliphatic carbocycles. The zero-order chi connectivity index (χ0) is 17.6. The van der Waals surface area contributed by atoms with Gasteiger partial charge in [0.2, 0.25) is 0 Å². The molecule has 3 rings (SSSR count). The van der Waals surface area contributed by atoms with Crippen molar-refractivity contribution in [2.45, 2.75) is 19.6 Å². The molecule has 0 bridgehead atoms. The molecule has 3 aromatic rings. The maximum atomic E-state index is 6.35. The summed E-state index contributed by atoms with van der Waals surface area (Å²) in [7, 11) is 0. The third-order valence-corrected chi connectivity index (χ3v) is 4.32. The molecule has 0 saturated carbocycles. The number of imidazole rings is 1. The molecular formula is C19H18Cl2N2O2. The molecule has 25 heavy (non-hydrogen) atoms. The maximum Gasteiger partial charge on any atom is 0.189 e. The number of aromatic nitrogens is 2. The molecule has 1 atom stereocenters. The van der Waals surface area contributed by atoms with Gasteiger partial charge in [0.25, 0.3) is 0 Å². The van der Waals surface area contributed by atoms with Gasteiger partial charge in [-0.2, -0.15) is 0 Å². The van der Waals surface area contributed by atoms with Crippen molar-refractivity contribution in [3.63, 3.8) is 0 Å². The molecule has 1 unspecified atom stereocenters. The predicted molar refractivity (Wildman–Crippen MR) is 99.2 cm³/mol. The Morgan fingerprint density at radius 3 is 2.60 bits per heavy atom. The second-order valence-electron chi connectivity index (χ2n) is 5.66. The van der Waals surface area contributed by atoms with Gasteiger partial charge in [0.1, 0.15) is 11.9 Å². The van der Waals surface area contributed by atoms with Crippen LogP contribution >= 0.6 is 23.2 Å². The molecule has 0 saturated heterocycles. The molecule has 0 N–H and O–H groups in total. The zero-order valence-corrected chi connectivity index (χ0v) is 15.2. The SMILES string of the molecule is Cc1ccc(OCOC(Cn2ccnc2)c2ccc(Cl)cc2Cl)cc1. The van der Waals surface area contributed by atoms with Crippen LogP contribution in [0.4, 0.5) is 0 Å². The molecule has 1 aromatic heterocycles. The van der Waals surface area contributed by atoms with Gasteiger partial charge in [0, 0.05) is 28.0 Å². The molecule has 6 heteroatoms. The Kier molecular flexibility index (Phi) is 5.97. The molecule has 0 fully saturated rings. The minimum Gasteiger partial charge on any atom is -0.468 e. The topological polar surface area (TPSA) is 36.3 Å². The van der Waals surface area contributed by atoms with E-state index in [1.54, 1.807) is 24.7 Å². The number of hydrogen-bond acceptors (Lipinski definition) is 3. The predicted octanol–water partition coefficient (Wildman–Crippen LogP) is 5.29. The molecule has 4 nitrogen and oxygen atoms in total. The smallest absolute Gasteiger partial charge is 0.189 e. The first kappa shape index (κ1) is 17.8. The highest BCUT2D eigenvalue weighted by atomic mass is 35.5. The summed E-state index contributed by atoms with van der Waals surface area (Å²) in [5.74, 6) is 0.759.